The van der Waals surface area contributed by atoms with Crippen LogP contribution in [0.25, 0.3) is 44.5 Å². The minimum absolute atomic E-state index is 0.251. The molecule has 5 aromatic carbocycles. The second kappa shape index (κ2) is 9.08. The summed E-state index contributed by atoms with van der Waals surface area (Å²) in [6.07, 6.45) is 0.681. The topological polar surface area (TPSA) is 26.3 Å². The minimum atomic E-state index is -0.251. The van der Waals surface area contributed by atoms with Crippen molar-refractivity contribution in [1.29, 1.82) is 0 Å². The van der Waals surface area contributed by atoms with E-state index >= 15 is 0 Å². The number of benzene rings is 5. The van der Waals surface area contributed by atoms with E-state index in [1.54, 1.807) is 0 Å². The molecule has 0 radical (unpaired) electrons. The standard InChI is InChI=1S/C33H24O2/c34-33-32-27(21-22-35-33)28(23-13-5-1-6-14-23)29(24-15-7-2-8-16-24)30(25-17-9-3-10-18-25)31(32)26-19-11-4-12-20-26/h1-20H,21-22H2. The Kier molecular flexibility index (Phi) is 5.48. The molecule has 1 heterocycles. The highest BCUT2D eigenvalue weighted by Gasteiger charge is 2.32. The summed E-state index contributed by atoms with van der Waals surface area (Å²) in [6.45, 7) is 0.388. The van der Waals surface area contributed by atoms with Crippen molar-refractivity contribution in [3.63, 3.8) is 0 Å². The Balaban J connectivity index is 1.87. The van der Waals surface area contributed by atoms with Crippen molar-refractivity contribution < 1.29 is 9.53 Å². The molecule has 1 aliphatic heterocycles. The molecule has 0 bridgehead atoms. The number of fused-ring (bicyclic) bond motifs is 1. The van der Waals surface area contributed by atoms with Crippen LogP contribution in [0.15, 0.2) is 121 Å². The van der Waals surface area contributed by atoms with Gasteiger partial charge in [-0.05, 0) is 44.5 Å². The molecule has 0 spiro atoms. The average molecular weight is 453 g/mol. The maximum absolute atomic E-state index is 13.5. The number of hydrogen-bond acceptors (Lipinski definition) is 2. The van der Waals surface area contributed by atoms with Crippen LogP contribution in [0, 0.1) is 0 Å². The molecule has 1 aliphatic rings. The van der Waals surface area contributed by atoms with Gasteiger partial charge in [-0.15, -0.1) is 0 Å². The van der Waals surface area contributed by atoms with E-state index in [-0.39, 0.29) is 5.97 Å². The third-order valence-corrected chi connectivity index (χ3v) is 6.64. The van der Waals surface area contributed by atoms with Gasteiger partial charge in [0.25, 0.3) is 0 Å². The smallest absolute Gasteiger partial charge is 0.339 e. The first-order chi connectivity index (χ1) is 17.3. The molecular formula is C33H24O2. The number of carbonyl (C=O) groups excluding carboxylic acids is 1. The Morgan fingerprint density at radius 3 is 1.20 bits per heavy atom. The van der Waals surface area contributed by atoms with Crippen molar-refractivity contribution in [2.24, 2.45) is 0 Å². The summed E-state index contributed by atoms with van der Waals surface area (Å²) in [5, 5.41) is 0. The van der Waals surface area contributed by atoms with Crippen LogP contribution in [-0.4, -0.2) is 12.6 Å². The lowest BCUT2D eigenvalue weighted by molar-refractivity contribution is 0.0482. The summed E-state index contributed by atoms with van der Waals surface area (Å²) in [5.74, 6) is -0.251. The maximum atomic E-state index is 13.5. The van der Waals surface area contributed by atoms with Gasteiger partial charge in [0.05, 0.1) is 12.2 Å². The molecule has 5 aromatic rings. The lowest BCUT2D eigenvalue weighted by Gasteiger charge is -2.29. The fraction of sp³-hybridized carbons (Fsp3) is 0.0606. The summed E-state index contributed by atoms with van der Waals surface area (Å²) in [7, 11) is 0. The molecule has 0 unspecified atom stereocenters. The van der Waals surface area contributed by atoms with Gasteiger partial charge in [-0.3, -0.25) is 0 Å². The van der Waals surface area contributed by atoms with Crippen molar-refractivity contribution in [1.82, 2.24) is 0 Å². The number of ether oxygens (including phenoxy) is 1. The average Bonchev–Trinajstić information content (AvgIpc) is 2.94. The maximum Gasteiger partial charge on any atom is 0.339 e. The fourth-order valence-corrected chi connectivity index (χ4v) is 5.20. The Bertz CT molecular complexity index is 1490. The van der Waals surface area contributed by atoms with Gasteiger partial charge in [-0.1, -0.05) is 121 Å². The molecule has 0 amide bonds. The van der Waals surface area contributed by atoms with E-state index in [1.807, 2.05) is 36.4 Å². The summed E-state index contributed by atoms with van der Waals surface area (Å²) in [5.41, 5.74) is 10.3. The highest BCUT2D eigenvalue weighted by atomic mass is 16.5. The highest BCUT2D eigenvalue weighted by Crippen LogP contribution is 2.50. The molecule has 0 saturated heterocycles. The van der Waals surface area contributed by atoms with Crippen molar-refractivity contribution in [2.75, 3.05) is 6.61 Å². The van der Waals surface area contributed by atoms with Crippen molar-refractivity contribution >= 4 is 5.97 Å². The second-order valence-corrected chi connectivity index (χ2v) is 8.70. The van der Waals surface area contributed by atoms with Crippen LogP contribution in [0.5, 0.6) is 0 Å². The molecule has 168 valence electrons. The molecule has 0 aliphatic carbocycles. The van der Waals surface area contributed by atoms with Crippen LogP contribution < -0.4 is 0 Å². The quantitative estimate of drug-likeness (QED) is 0.258. The van der Waals surface area contributed by atoms with Gasteiger partial charge in [0, 0.05) is 12.0 Å². The first-order valence-corrected chi connectivity index (χ1v) is 11.9. The van der Waals surface area contributed by atoms with Crippen LogP contribution >= 0.6 is 0 Å². The van der Waals surface area contributed by atoms with E-state index in [2.05, 4.69) is 84.9 Å². The minimum Gasteiger partial charge on any atom is -0.462 e. The Morgan fingerprint density at radius 2 is 0.771 bits per heavy atom. The number of esters is 1. The van der Waals surface area contributed by atoms with Gasteiger partial charge in [0.15, 0.2) is 0 Å². The van der Waals surface area contributed by atoms with Crippen molar-refractivity contribution in [2.45, 2.75) is 6.42 Å². The SMILES string of the molecule is O=C1OCCc2c1c(-c1ccccc1)c(-c1ccccc1)c(-c1ccccc1)c2-c1ccccc1. The van der Waals surface area contributed by atoms with Gasteiger partial charge in [0.1, 0.15) is 0 Å². The van der Waals surface area contributed by atoms with Crippen LogP contribution in [0.4, 0.5) is 0 Å². The van der Waals surface area contributed by atoms with Crippen LogP contribution in [0.2, 0.25) is 0 Å². The summed E-state index contributed by atoms with van der Waals surface area (Å²) in [6, 6.07) is 41.6. The molecule has 35 heavy (non-hydrogen) atoms. The molecule has 0 fully saturated rings. The van der Waals surface area contributed by atoms with Crippen molar-refractivity contribution in [3.05, 3.63) is 132 Å². The number of rotatable bonds is 4. The van der Waals surface area contributed by atoms with Crippen molar-refractivity contribution in [3.8, 4) is 44.5 Å². The second-order valence-electron chi connectivity index (χ2n) is 8.70. The Hall–Kier alpha value is -4.43. The molecule has 0 N–H and O–H groups in total. The molecule has 6 rings (SSSR count). The number of cyclic esters (lactones) is 1. The lowest BCUT2D eigenvalue weighted by Crippen LogP contribution is -2.21. The van der Waals surface area contributed by atoms with E-state index < -0.39 is 0 Å². The Labute approximate surface area is 205 Å². The normalized spacial score (nSPS) is 12.6. The first-order valence-electron chi connectivity index (χ1n) is 11.9. The molecule has 0 atom stereocenters. The van der Waals surface area contributed by atoms with Crippen LogP contribution in [0.1, 0.15) is 15.9 Å². The predicted octanol–water partition coefficient (Wildman–Crippen LogP) is 8.07. The molecule has 0 aromatic heterocycles. The van der Waals surface area contributed by atoms with E-state index in [0.717, 1.165) is 50.1 Å². The molecule has 0 saturated carbocycles. The number of hydrogen-bond donors (Lipinski definition) is 0. The van der Waals surface area contributed by atoms with Gasteiger partial charge < -0.3 is 4.74 Å². The van der Waals surface area contributed by atoms with E-state index in [0.29, 0.717) is 18.6 Å². The third kappa shape index (κ3) is 3.74. The lowest BCUT2D eigenvalue weighted by atomic mass is 9.76. The fourth-order valence-electron chi connectivity index (χ4n) is 5.20. The highest BCUT2D eigenvalue weighted by molar-refractivity contribution is 6.12. The summed E-state index contributed by atoms with van der Waals surface area (Å²) < 4.78 is 5.65. The zero-order valence-electron chi connectivity index (χ0n) is 19.3. The molecule has 2 heteroatoms. The monoisotopic (exact) mass is 452 g/mol. The zero-order chi connectivity index (χ0) is 23.6. The first kappa shape index (κ1) is 21.1. The Morgan fingerprint density at radius 1 is 0.429 bits per heavy atom. The van der Waals surface area contributed by atoms with Gasteiger partial charge >= 0.3 is 5.97 Å². The summed E-state index contributed by atoms with van der Waals surface area (Å²) in [4.78, 5) is 13.5. The third-order valence-electron chi connectivity index (χ3n) is 6.64. The zero-order valence-corrected chi connectivity index (χ0v) is 19.3. The van der Waals surface area contributed by atoms with Crippen LogP contribution in [-0.2, 0) is 11.2 Å². The van der Waals surface area contributed by atoms with Gasteiger partial charge in [0.2, 0.25) is 0 Å². The summed E-state index contributed by atoms with van der Waals surface area (Å²) >= 11 is 0. The largest absolute Gasteiger partial charge is 0.462 e. The van der Waals surface area contributed by atoms with E-state index in [9.17, 15) is 4.79 Å². The number of carbonyl (C=O) groups is 1. The molecular weight excluding hydrogens is 428 g/mol. The van der Waals surface area contributed by atoms with Crippen LogP contribution in [0.3, 0.4) is 0 Å². The van der Waals surface area contributed by atoms with Gasteiger partial charge in [-0.2, -0.15) is 0 Å². The van der Waals surface area contributed by atoms with Gasteiger partial charge in [-0.25, -0.2) is 4.79 Å². The van der Waals surface area contributed by atoms with E-state index in [1.165, 1.54) is 0 Å². The predicted molar refractivity (Wildman–Crippen MR) is 142 cm³/mol. The van der Waals surface area contributed by atoms with E-state index in [4.69, 9.17) is 4.74 Å². The molecule has 2 nitrogen and oxygen atoms in total.